The number of nitrogens with zero attached hydrogens (tertiary/aromatic N) is 2. The van der Waals surface area contributed by atoms with Gasteiger partial charge in [0, 0.05) is 36.8 Å². The van der Waals surface area contributed by atoms with Gasteiger partial charge in [0.25, 0.3) is 5.91 Å². The Balaban J connectivity index is 1.63. The first kappa shape index (κ1) is 24.4. The molecule has 0 atom stereocenters. The van der Waals surface area contributed by atoms with Crippen molar-refractivity contribution in [3.63, 3.8) is 0 Å². The van der Waals surface area contributed by atoms with Crippen molar-refractivity contribution in [3.8, 4) is 0 Å². The molecular weight excluding hydrogens is 450 g/mol. The van der Waals surface area contributed by atoms with E-state index in [9.17, 15) is 18.0 Å². The van der Waals surface area contributed by atoms with E-state index in [0.29, 0.717) is 42.2 Å². The van der Waals surface area contributed by atoms with Crippen molar-refractivity contribution in [1.82, 2.24) is 9.21 Å². The summed E-state index contributed by atoms with van der Waals surface area (Å²) in [5.74, 6) is -0.145. The van der Waals surface area contributed by atoms with Crippen LogP contribution in [0.5, 0.6) is 0 Å². The van der Waals surface area contributed by atoms with Crippen molar-refractivity contribution in [2.75, 3.05) is 13.1 Å². The van der Waals surface area contributed by atoms with E-state index in [0.717, 1.165) is 36.8 Å². The summed E-state index contributed by atoms with van der Waals surface area (Å²) in [6, 6.07) is 10.4. The number of piperidine rings is 1. The highest BCUT2D eigenvalue weighted by Crippen LogP contribution is 2.32. The summed E-state index contributed by atoms with van der Waals surface area (Å²) < 4.78 is 28.6. The van der Waals surface area contributed by atoms with E-state index < -0.39 is 15.9 Å². The van der Waals surface area contributed by atoms with Crippen LogP contribution < -0.4 is 5.73 Å². The number of benzene rings is 2. The lowest BCUT2D eigenvalue weighted by molar-refractivity contribution is 0.0729. The number of rotatable bonds is 7. The summed E-state index contributed by atoms with van der Waals surface area (Å²) in [4.78, 5) is 27.0. The van der Waals surface area contributed by atoms with Crippen LogP contribution in [0.3, 0.4) is 0 Å². The Labute approximate surface area is 202 Å². The van der Waals surface area contributed by atoms with Gasteiger partial charge in [0.05, 0.1) is 4.90 Å². The van der Waals surface area contributed by atoms with E-state index >= 15 is 0 Å². The molecule has 1 saturated carbocycles. The Morgan fingerprint density at radius 1 is 1.00 bits per heavy atom. The summed E-state index contributed by atoms with van der Waals surface area (Å²) >= 11 is 0. The SMILES string of the molecule is Cc1cc(C(=O)N(Cc2ccc(C(N)=O)cc2)C2CC2)cc(S(=O)(=O)N2CCC(C)CC2)c1C. The standard InChI is InChI=1S/C26H33N3O4S/c1-17-10-12-28(13-11-17)34(32,33)24-15-22(14-18(2)19(24)3)26(31)29(23-8-9-23)16-20-4-6-21(7-5-20)25(27)30/h4-7,14-15,17,23H,8-13,16H2,1-3H3,(H2,27,30). The molecule has 7 nitrogen and oxygen atoms in total. The van der Waals surface area contributed by atoms with Gasteiger partial charge >= 0.3 is 0 Å². The van der Waals surface area contributed by atoms with Crippen LogP contribution in [0.15, 0.2) is 41.3 Å². The molecule has 2 fully saturated rings. The minimum Gasteiger partial charge on any atom is -0.366 e. The van der Waals surface area contributed by atoms with E-state index in [1.165, 1.54) is 0 Å². The monoisotopic (exact) mass is 483 g/mol. The van der Waals surface area contributed by atoms with Gasteiger partial charge in [-0.15, -0.1) is 0 Å². The summed E-state index contributed by atoms with van der Waals surface area (Å²) in [5.41, 5.74) is 8.52. The summed E-state index contributed by atoms with van der Waals surface area (Å²) in [6.45, 7) is 7.22. The van der Waals surface area contributed by atoms with E-state index in [1.807, 2.05) is 18.7 Å². The van der Waals surface area contributed by atoms with Crippen molar-refractivity contribution in [3.05, 3.63) is 64.2 Å². The van der Waals surface area contributed by atoms with Gasteiger partial charge in [-0.25, -0.2) is 8.42 Å². The molecule has 2 N–H and O–H groups in total. The first-order valence-electron chi connectivity index (χ1n) is 11.9. The number of amides is 2. The molecule has 182 valence electrons. The molecule has 1 aliphatic carbocycles. The molecule has 1 heterocycles. The third-order valence-electron chi connectivity index (χ3n) is 7.07. The van der Waals surface area contributed by atoms with Crippen molar-refractivity contribution in [2.24, 2.45) is 11.7 Å². The molecule has 2 aromatic rings. The first-order chi connectivity index (χ1) is 16.1. The molecule has 1 aliphatic heterocycles. The van der Waals surface area contributed by atoms with Gasteiger partial charge in [-0.05, 0) is 86.4 Å². The maximum atomic E-state index is 13.6. The fourth-order valence-corrected chi connectivity index (χ4v) is 6.27. The fourth-order valence-electron chi connectivity index (χ4n) is 4.47. The number of aryl methyl sites for hydroxylation is 1. The average molecular weight is 484 g/mol. The summed E-state index contributed by atoms with van der Waals surface area (Å²) in [5, 5.41) is 0. The number of hydrogen-bond donors (Lipinski definition) is 1. The molecular formula is C26H33N3O4S. The molecule has 4 rings (SSSR count). The zero-order valence-electron chi connectivity index (χ0n) is 20.1. The molecule has 2 amide bonds. The van der Waals surface area contributed by atoms with Crippen LogP contribution in [0.4, 0.5) is 0 Å². The van der Waals surface area contributed by atoms with Gasteiger partial charge < -0.3 is 10.6 Å². The summed E-state index contributed by atoms with van der Waals surface area (Å²) in [7, 11) is -3.68. The number of nitrogens with two attached hydrogens (primary N) is 1. The Hall–Kier alpha value is -2.71. The molecule has 0 aromatic heterocycles. The van der Waals surface area contributed by atoms with Crippen LogP contribution in [0.1, 0.15) is 70.0 Å². The average Bonchev–Trinajstić information content (AvgIpc) is 3.64. The lowest BCUT2D eigenvalue weighted by atomic mass is 10.0. The lowest BCUT2D eigenvalue weighted by Crippen LogP contribution is -2.38. The van der Waals surface area contributed by atoms with E-state index in [1.54, 1.807) is 40.7 Å². The zero-order chi connectivity index (χ0) is 24.6. The highest BCUT2D eigenvalue weighted by atomic mass is 32.2. The van der Waals surface area contributed by atoms with Crippen LogP contribution in [0.2, 0.25) is 0 Å². The van der Waals surface area contributed by atoms with E-state index in [2.05, 4.69) is 6.92 Å². The molecule has 1 saturated heterocycles. The third kappa shape index (κ3) is 5.03. The number of sulfonamides is 1. The van der Waals surface area contributed by atoms with Gasteiger partial charge in [-0.2, -0.15) is 4.31 Å². The topological polar surface area (TPSA) is 101 Å². The molecule has 0 unspecified atom stereocenters. The second-order valence-corrected chi connectivity index (χ2v) is 11.6. The minimum absolute atomic E-state index is 0.133. The second-order valence-electron chi connectivity index (χ2n) is 9.73. The summed E-state index contributed by atoms with van der Waals surface area (Å²) in [6.07, 6.45) is 3.54. The first-order valence-corrected chi connectivity index (χ1v) is 13.3. The van der Waals surface area contributed by atoms with Gasteiger partial charge in [0.2, 0.25) is 15.9 Å². The number of carbonyl (C=O) groups is 2. The van der Waals surface area contributed by atoms with Crippen LogP contribution >= 0.6 is 0 Å². The number of carbonyl (C=O) groups excluding carboxylic acids is 2. The highest BCUT2D eigenvalue weighted by molar-refractivity contribution is 7.89. The third-order valence-corrected chi connectivity index (χ3v) is 9.09. The van der Waals surface area contributed by atoms with Crippen LogP contribution in [-0.2, 0) is 16.6 Å². The fraction of sp³-hybridized carbons (Fsp3) is 0.462. The second kappa shape index (κ2) is 9.50. The highest BCUT2D eigenvalue weighted by Gasteiger charge is 2.35. The number of hydrogen-bond acceptors (Lipinski definition) is 4. The Morgan fingerprint density at radius 2 is 1.62 bits per heavy atom. The van der Waals surface area contributed by atoms with Gasteiger partial charge in [-0.1, -0.05) is 19.1 Å². The predicted molar refractivity (Wildman–Crippen MR) is 131 cm³/mol. The van der Waals surface area contributed by atoms with Gasteiger partial charge in [0.15, 0.2) is 0 Å². The Kier molecular flexibility index (Phi) is 6.82. The maximum Gasteiger partial charge on any atom is 0.254 e. The molecule has 8 heteroatoms. The molecule has 0 radical (unpaired) electrons. The predicted octanol–water partition coefficient (Wildman–Crippen LogP) is 3.63. The maximum absolute atomic E-state index is 13.6. The largest absolute Gasteiger partial charge is 0.366 e. The quantitative estimate of drug-likeness (QED) is 0.650. The Bertz CT molecular complexity index is 1200. The van der Waals surface area contributed by atoms with Crippen LogP contribution in [0, 0.1) is 19.8 Å². The molecule has 0 spiro atoms. The van der Waals surface area contributed by atoms with Crippen molar-refractivity contribution in [2.45, 2.75) is 63.9 Å². The molecule has 0 bridgehead atoms. The zero-order valence-corrected chi connectivity index (χ0v) is 20.9. The van der Waals surface area contributed by atoms with E-state index in [4.69, 9.17) is 5.73 Å². The molecule has 34 heavy (non-hydrogen) atoms. The smallest absolute Gasteiger partial charge is 0.254 e. The van der Waals surface area contributed by atoms with Crippen molar-refractivity contribution in [1.29, 1.82) is 0 Å². The van der Waals surface area contributed by atoms with E-state index in [-0.39, 0.29) is 16.8 Å². The minimum atomic E-state index is -3.68. The van der Waals surface area contributed by atoms with Crippen molar-refractivity contribution >= 4 is 21.8 Å². The van der Waals surface area contributed by atoms with Crippen molar-refractivity contribution < 1.29 is 18.0 Å². The van der Waals surface area contributed by atoms with Gasteiger partial charge in [0.1, 0.15) is 0 Å². The molecule has 2 aliphatic rings. The molecule has 2 aromatic carbocycles. The number of primary amides is 1. The van der Waals surface area contributed by atoms with Crippen LogP contribution in [0.25, 0.3) is 0 Å². The normalized spacial score (nSPS) is 17.5. The van der Waals surface area contributed by atoms with Gasteiger partial charge in [-0.3, -0.25) is 9.59 Å². The van der Waals surface area contributed by atoms with Crippen LogP contribution in [-0.4, -0.2) is 48.6 Å². The lowest BCUT2D eigenvalue weighted by Gasteiger charge is -2.30. The Morgan fingerprint density at radius 3 is 2.18 bits per heavy atom.